The van der Waals surface area contributed by atoms with Gasteiger partial charge in [-0.3, -0.25) is 0 Å². The lowest BCUT2D eigenvalue weighted by atomic mass is 9.42. The molecule has 0 N–H and O–H groups in total. The molecule has 12 aromatic rings. The standard InChI is InChI=1S/C74H52BN3/c1-51-24-17-18-39-63(51)56-48-65-64-50-62(76(60-37-21-29-54(46-60)52-25-7-2-8-26-52)61-38-22-30-55(47-61)53-27-9-3-10-28-53)44-45-69(64)78(59-35-15-6-16-36-59)75-68-42-23-41-67-73(68)77(71(49-56)72(65)75)70-43-20-19-40-66(70)74(67,57-31-11-4-12-32-57)58-33-13-5-14-34-58/h2-50H,1H3. The van der Waals surface area contributed by atoms with E-state index in [1.165, 1.54) is 89.2 Å². The highest BCUT2D eigenvalue weighted by Gasteiger charge is 2.53. The van der Waals surface area contributed by atoms with Gasteiger partial charge < -0.3 is 14.6 Å². The number of rotatable bonds is 9. The van der Waals surface area contributed by atoms with Crippen LogP contribution in [0.3, 0.4) is 0 Å². The Morgan fingerprint density at radius 1 is 0.346 bits per heavy atom. The van der Waals surface area contributed by atoms with Crippen molar-refractivity contribution in [2.45, 2.75) is 12.3 Å². The first-order chi connectivity index (χ1) is 38.6. The fourth-order valence-electron chi connectivity index (χ4n) is 13.3. The summed E-state index contributed by atoms with van der Waals surface area (Å²) < 4.78 is 0. The predicted molar refractivity (Wildman–Crippen MR) is 328 cm³/mol. The Labute approximate surface area is 457 Å². The number of nitrogens with zero attached hydrogens (tertiary/aromatic N) is 3. The molecule has 0 aliphatic carbocycles. The molecule has 0 spiro atoms. The lowest BCUT2D eigenvalue weighted by Crippen LogP contribution is -2.62. The summed E-state index contributed by atoms with van der Waals surface area (Å²) in [5.74, 6) is 0. The second-order valence-electron chi connectivity index (χ2n) is 20.8. The molecule has 78 heavy (non-hydrogen) atoms. The molecule has 0 saturated carbocycles. The van der Waals surface area contributed by atoms with E-state index in [0.29, 0.717) is 0 Å². The number of para-hydroxylation sites is 3. The van der Waals surface area contributed by atoms with E-state index in [1.54, 1.807) is 0 Å². The van der Waals surface area contributed by atoms with Gasteiger partial charge >= 0.3 is 6.85 Å². The molecular formula is C74H52BN3. The Kier molecular flexibility index (Phi) is 10.8. The van der Waals surface area contributed by atoms with E-state index in [1.807, 2.05) is 0 Å². The van der Waals surface area contributed by atoms with E-state index in [-0.39, 0.29) is 6.85 Å². The summed E-state index contributed by atoms with van der Waals surface area (Å²) in [5, 5.41) is 0. The molecule has 0 saturated heterocycles. The molecule has 4 heteroatoms. The van der Waals surface area contributed by atoms with Gasteiger partial charge in [-0.25, -0.2) is 0 Å². The fourth-order valence-corrected chi connectivity index (χ4v) is 13.3. The largest absolute Gasteiger partial charge is 0.376 e. The highest BCUT2D eigenvalue weighted by Crippen LogP contribution is 2.60. The van der Waals surface area contributed by atoms with Crippen LogP contribution < -0.4 is 25.5 Å². The van der Waals surface area contributed by atoms with Crippen molar-refractivity contribution in [2.24, 2.45) is 0 Å². The van der Waals surface area contributed by atoms with Gasteiger partial charge in [0.1, 0.15) is 0 Å². The molecule has 366 valence electrons. The monoisotopic (exact) mass is 993 g/mol. The van der Waals surface area contributed by atoms with Crippen LogP contribution in [0.1, 0.15) is 27.8 Å². The maximum absolute atomic E-state index is 2.63. The number of benzene rings is 12. The Balaban J connectivity index is 1.03. The lowest BCUT2D eigenvalue weighted by Gasteiger charge is -2.52. The van der Waals surface area contributed by atoms with Crippen molar-refractivity contribution in [1.82, 2.24) is 0 Å². The number of anilines is 8. The van der Waals surface area contributed by atoms with Crippen LogP contribution >= 0.6 is 0 Å². The minimum Gasteiger partial charge on any atom is -0.376 e. The molecule has 0 bridgehead atoms. The third kappa shape index (κ3) is 7.07. The van der Waals surface area contributed by atoms with Gasteiger partial charge in [0.2, 0.25) is 0 Å². The second kappa shape index (κ2) is 18.4. The summed E-state index contributed by atoms with van der Waals surface area (Å²) in [6, 6.07) is 110. The third-order valence-electron chi connectivity index (χ3n) is 16.6. The Morgan fingerprint density at radius 3 is 1.51 bits per heavy atom. The number of hydrogen-bond donors (Lipinski definition) is 0. The minimum atomic E-state index is -0.618. The van der Waals surface area contributed by atoms with Crippen LogP contribution in [-0.2, 0) is 5.41 Å². The van der Waals surface area contributed by atoms with Crippen LogP contribution in [0.5, 0.6) is 0 Å². The summed E-state index contributed by atoms with van der Waals surface area (Å²) in [6.07, 6.45) is 0. The summed E-state index contributed by atoms with van der Waals surface area (Å²) in [5.41, 5.74) is 26.8. The first-order valence-corrected chi connectivity index (χ1v) is 27.1. The number of aryl methyl sites for hydroxylation is 1. The number of fused-ring (bicyclic) bond motifs is 6. The molecule has 3 heterocycles. The topological polar surface area (TPSA) is 9.72 Å². The van der Waals surface area contributed by atoms with Gasteiger partial charge in [0, 0.05) is 45.4 Å². The van der Waals surface area contributed by atoms with Gasteiger partial charge in [-0.15, -0.1) is 0 Å². The molecular weight excluding hydrogens is 942 g/mol. The molecule has 0 radical (unpaired) electrons. The van der Waals surface area contributed by atoms with Crippen molar-refractivity contribution in [3.63, 3.8) is 0 Å². The van der Waals surface area contributed by atoms with E-state index in [2.05, 4.69) is 319 Å². The highest BCUT2D eigenvalue weighted by atomic mass is 15.2. The van der Waals surface area contributed by atoms with E-state index in [0.717, 1.165) is 39.6 Å². The second-order valence-corrected chi connectivity index (χ2v) is 20.8. The minimum absolute atomic E-state index is 0.177. The van der Waals surface area contributed by atoms with Gasteiger partial charge in [0.25, 0.3) is 0 Å². The van der Waals surface area contributed by atoms with Crippen molar-refractivity contribution in [3.8, 4) is 44.5 Å². The van der Waals surface area contributed by atoms with Gasteiger partial charge in [-0.1, -0.05) is 224 Å². The molecule has 0 fully saturated rings. The van der Waals surface area contributed by atoms with Gasteiger partial charge in [-0.2, -0.15) is 0 Å². The molecule has 3 aliphatic rings. The molecule has 0 aromatic heterocycles. The van der Waals surface area contributed by atoms with Crippen molar-refractivity contribution in [3.05, 3.63) is 325 Å². The van der Waals surface area contributed by atoms with Crippen LogP contribution in [0.15, 0.2) is 297 Å². The molecule has 0 unspecified atom stereocenters. The average Bonchev–Trinajstić information content (AvgIpc) is 3.67. The molecule has 0 amide bonds. The van der Waals surface area contributed by atoms with E-state index >= 15 is 0 Å². The summed E-state index contributed by atoms with van der Waals surface area (Å²) in [7, 11) is 0. The van der Waals surface area contributed by atoms with E-state index in [9.17, 15) is 0 Å². The highest BCUT2D eigenvalue weighted by molar-refractivity contribution is 6.93. The summed E-state index contributed by atoms with van der Waals surface area (Å²) in [6.45, 7) is 2.07. The maximum Gasteiger partial charge on any atom is 0.333 e. The van der Waals surface area contributed by atoms with E-state index in [4.69, 9.17) is 0 Å². The number of hydrogen-bond acceptors (Lipinski definition) is 3. The average molecular weight is 994 g/mol. The normalized spacial score (nSPS) is 13.2. The zero-order valence-corrected chi connectivity index (χ0v) is 43.2. The summed E-state index contributed by atoms with van der Waals surface area (Å²) >= 11 is 0. The van der Waals surface area contributed by atoms with E-state index < -0.39 is 5.41 Å². The Bertz CT molecular complexity index is 4110. The molecule has 3 nitrogen and oxygen atoms in total. The maximum atomic E-state index is 2.63. The Hall–Kier alpha value is -9.90. The van der Waals surface area contributed by atoms with Crippen molar-refractivity contribution in [1.29, 1.82) is 0 Å². The molecule has 12 aromatic carbocycles. The van der Waals surface area contributed by atoms with Crippen LogP contribution in [0.4, 0.5) is 45.5 Å². The predicted octanol–water partition coefficient (Wildman–Crippen LogP) is 17.9. The van der Waals surface area contributed by atoms with Crippen LogP contribution in [0.2, 0.25) is 0 Å². The van der Waals surface area contributed by atoms with Gasteiger partial charge in [-0.05, 0) is 157 Å². The summed E-state index contributed by atoms with van der Waals surface area (Å²) in [4.78, 5) is 7.72. The van der Waals surface area contributed by atoms with Crippen LogP contribution in [0, 0.1) is 6.92 Å². The molecule has 15 rings (SSSR count). The van der Waals surface area contributed by atoms with Crippen molar-refractivity contribution < 1.29 is 0 Å². The van der Waals surface area contributed by atoms with Gasteiger partial charge in [0.05, 0.1) is 11.1 Å². The third-order valence-corrected chi connectivity index (χ3v) is 16.6. The van der Waals surface area contributed by atoms with Crippen LogP contribution in [0.25, 0.3) is 44.5 Å². The van der Waals surface area contributed by atoms with Crippen molar-refractivity contribution in [2.75, 3.05) is 14.6 Å². The quantitative estimate of drug-likeness (QED) is 0.133. The lowest BCUT2D eigenvalue weighted by molar-refractivity contribution is 0.732. The fraction of sp³-hybridized carbons (Fsp3) is 0.0270. The zero-order chi connectivity index (χ0) is 51.7. The van der Waals surface area contributed by atoms with Gasteiger partial charge in [0.15, 0.2) is 0 Å². The Morgan fingerprint density at radius 2 is 0.872 bits per heavy atom. The zero-order valence-electron chi connectivity index (χ0n) is 43.2. The first-order valence-electron chi connectivity index (χ1n) is 27.1. The first kappa shape index (κ1) is 45.5. The molecule has 0 atom stereocenters. The molecule has 3 aliphatic heterocycles. The van der Waals surface area contributed by atoms with Crippen molar-refractivity contribution >= 4 is 63.3 Å². The van der Waals surface area contributed by atoms with Crippen LogP contribution in [-0.4, -0.2) is 6.85 Å². The smallest absolute Gasteiger partial charge is 0.333 e. The SMILES string of the molecule is Cc1ccccc1-c1cc2c3c(c1)N1c4ccccc4C(c4ccccc4)(c4ccccc4)c4cccc(c41)B3N(c1ccccc1)c1ccc(N(c3cccc(-c4ccccc4)c3)c3cccc(-c4ccccc4)c3)cc1-2.